The number of unbranched alkanes of at least 4 members (excludes halogenated alkanes) is 6. The number of amidine groups is 2. The van der Waals surface area contributed by atoms with Crippen LogP contribution in [0.25, 0.3) is 0 Å². The molecule has 21 heavy (non-hydrogen) atoms. The molecule has 0 heterocycles. The summed E-state index contributed by atoms with van der Waals surface area (Å²) in [6.07, 6.45) is 8.76. The minimum atomic E-state index is 0. The van der Waals surface area contributed by atoms with Crippen LogP contribution < -0.4 is 22.9 Å². The molecule has 0 aromatic heterocycles. The maximum atomic E-state index is 5.78. The molecule has 0 spiro atoms. The number of nitrogens with zero attached hydrogens (tertiary/aromatic N) is 2. The molecule has 0 rings (SSSR count). The van der Waals surface area contributed by atoms with Gasteiger partial charge in [-0.1, -0.05) is 25.7 Å². The van der Waals surface area contributed by atoms with Gasteiger partial charge in [0.15, 0.2) is 11.7 Å². The summed E-state index contributed by atoms with van der Waals surface area (Å²) in [5.41, 5.74) is 22.4. The lowest BCUT2D eigenvalue weighted by Gasteiger charge is -2.02. The Kier molecular flexibility index (Phi) is 18.4. The summed E-state index contributed by atoms with van der Waals surface area (Å²) in [6, 6.07) is 0. The molecular weight excluding hydrogens is 288 g/mol. The highest BCUT2D eigenvalue weighted by Gasteiger charge is 1.98. The van der Waals surface area contributed by atoms with Gasteiger partial charge in [-0.25, -0.2) is 0 Å². The van der Waals surface area contributed by atoms with Crippen LogP contribution in [0, 0.1) is 0 Å². The average molecular weight is 321 g/mol. The molecule has 0 aliphatic heterocycles. The van der Waals surface area contributed by atoms with E-state index in [1.807, 2.05) is 0 Å². The zero-order chi connectivity index (χ0) is 15.1. The first-order valence-corrected chi connectivity index (χ1v) is 7.72. The summed E-state index contributed by atoms with van der Waals surface area (Å²) in [5, 5.41) is 0. The highest BCUT2D eigenvalue weighted by atomic mass is 35.5. The second-order valence-corrected chi connectivity index (χ2v) is 4.94. The van der Waals surface area contributed by atoms with Crippen LogP contribution in [0.5, 0.6) is 0 Å². The van der Waals surface area contributed by atoms with Crippen molar-refractivity contribution in [2.45, 2.75) is 51.4 Å². The van der Waals surface area contributed by atoms with Crippen LogP contribution in [-0.2, 0) is 0 Å². The summed E-state index contributed by atoms with van der Waals surface area (Å²) >= 11 is 0. The highest BCUT2D eigenvalue weighted by Crippen LogP contribution is 1.99. The average Bonchev–Trinajstić information content (AvgIpc) is 2.45. The molecule has 0 aromatic carbocycles. The van der Waals surface area contributed by atoms with Gasteiger partial charge in [0.1, 0.15) is 0 Å². The monoisotopic (exact) mass is 320 g/mol. The summed E-state index contributed by atoms with van der Waals surface area (Å²) in [7, 11) is 0. The number of hydrogen-bond acceptors (Lipinski definition) is 4. The number of halogens is 1. The van der Waals surface area contributed by atoms with E-state index in [0.29, 0.717) is 24.8 Å². The van der Waals surface area contributed by atoms with E-state index in [9.17, 15) is 0 Å². The van der Waals surface area contributed by atoms with Crippen molar-refractivity contribution in [2.24, 2.45) is 32.9 Å². The number of rotatable bonds is 12. The third kappa shape index (κ3) is 15.4. The second kappa shape index (κ2) is 17.2. The van der Waals surface area contributed by atoms with Crippen molar-refractivity contribution >= 4 is 24.1 Å². The fourth-order valence-corrected chi connectivity index (χ4v) is 1.78. The van der Waals surface area contributed by atoms with Crippen LogP contribution in [0.15, 0.2) is 9.98 Å². The second-order valence-electron chi connectivity index (χ2n) is 4.94. The van der Waals surface area contributed by atoms with E-state index in [1.54, 1.807) is 0 Å². The zero-order valence-electron chi connectivity index (χ0n) is 13.1. The molecule has 0 saturated heterocycles. The van der Waals surface area contributed by atoms with E-state index in [-0.39, 0.29) is 12.4 Å². The molecule has 0 unspecified atom stereocenters. The lowest BCUT2D eigenvalue weighted by molar-refractivity contribution is 0.652. The Hall–Kier alpha value is -0.850. The van der Waals surface area contributed by atoms with Crippen molar-refractivity contribution in [3.8, 4) is 0 Å². The van der Waals surface area contributed by atoms with Crippen LogP contribution in [0.2, 0.25) is 0 Å². The van der Waals surface area contributed by atoms with Crippen molar-refractivity contribution < 1.29 is 0 Å². The topological polar surface area (TPSA) is 129 Å². The summed E-state index contributed by atoms with van der Waals surface area (Å²) in [4.78, 5) is 8.48. The Morgan fingerprint density at radius 3 is 1.24 bits per heavy atom. The molecule has 0 radical (unpaired) electrons. The molecule has 0 aromatic rings. The van der Waals surface area contributed by atoms with E-state index in [1.165, 1.54) is 0 Å². The first-order valence-electron chi connectivity index (χ1n) is 7.72. The van der Waals surface area contributed by atoms with Crippen LogP contribution in [-0.4, -0.2) is 37.9 Å². The Morgan fingerprint density at radius 1 is 0.571 bits per heavy atom. The third-order valence-corrected chi connectivity index (χ3v) is 3.05. The molecule has 8 N–H and O–H groups in total. The third-order valence-electron chi connectivity index (χ3n) is 3.05. The van der Waals surface area contributed by atoms with Gasteiger partial charge in [-0.05, 0) is 38.8 Å². The van der Waals surface area contributed by atoms with E-state index in [0.717, 1.165) is 64.5 Å². The Morgan fingerprint density at radius 2 is 0.905 bits per heavy atom. The summed E-state index contributed by atoms with van der Waals surface area (Å²) in [6.45, 7) is 2.94. The largest absolute Gasteiger partial charge is 0.381 e. The highest BCUT2D eigenvalue weighted by molar-refractivity contribution is 6.39. The maximum Gasteiger partial charge on any atom is 0.161 e. The van der Waals surface area contributed by atoms with Gasteiger partial charge in [-0.15, -0.1) is 12.4 Å². The van der Waals surface area contributed by atoms with Crippen LogP contribution in [0.1, 0.15) is 51.4 Å². The van der Waals surface area contributed by atoms with Crippen LogP contribution in [0.4, 0.5) is 0 Å². The molecule has 126 valence electrons. The van der Waals surface area contributed by atoms with Gasteiger partial charge in [0.2, 0.25) is 0 Å². The molecule has 6 nitrogen and oxygen atoms in total. The lowest BCUT2D eigenvalue weighted by Crippen LogP contribution is -2.32. The molecule has 0 aliphatic rings. The van der Waals surface area contributed by atoms with E-state index in [4.69, 9.17) is 22.9 Å². The van der Waals surface area contributed by atoms with Gasteiger partial charge in [0.25, 0.3) is 0 Å². The normalized spacial score (nSPS) is 12.3. The van der Waals surface area contributed by atoms with Gasteiger partial charge in [0, 0.05) is 13.1 Å². The maximum absolute atomic E-state index is 5.78. The fourth-order valence-electron chi connectivity index (χ4n) is 1.78. The smallest absolute Gasteiger partial charge is 0.161 e. The Balaban J connectivity index is 0. The summed E-state index contributed by atoms with van der Waals surface area (Å²) in [5.74, 6) is 0.733. The fraction of sp³-hybridized carbons (Fsp3) is 0.857. The molecule has 0 atom stereocenters. The minimum Gasteiger partial charge on any atom is -0.381 e. The standard InChI is InChI=1S/C14H32N6.ClH/c15-9-5-1-3-7-11-19-13(17)14(18)20-12-8-4-2-6-10-16;/h1-12,15-16H2,(H2,17,19)(H2,18,20);1H. The van der Waals surface area contributed by atoms with Crippen molar-refractivity contribution in [1.82, 2.24) is 0 Å². The van der Waals surface area contributed by atoms with Gasteiger partial charge in [-0.2, -0.15) is 0 Å². The molecular formula is C14H33ClN6. The lowest BCUT2D eigenvalue weighted by atomic mass is 10.2. The van der Waals surface area contributed by atoms with E-state index in [2.05, 4.69) is 9.98 Å². The summed E-state index contributed by atoms with van der Waals surface area (Å²) < 4.78 is 0. The van der Waals surface area contributed by atoms with Gasteiger partial charge in [-0.3, -0.25) is 9.98 Å². The van der Waals surface area contributed by atoms with Gasteiger partial charge < -0.3 is 22.9 Å². The van der Waals surface area contributed by atoms with Crippen molar-refractivity contribution in [1.29, 1.82) is 0 Å². The number of aliphatic imine (C=N–C) groups is 2. The van der Waals surface area contributed by atoms with Crippen molar-refractivity contribution in [2.75, 3.05) is 26.2 Å². The first-order chi connectivity index (χ1) is 9.72. The SMILES string of the molecule is Cl.NCCCCCCN=C(N)C(N)=NCCCCCCN. The molecule has 0 saturated carbocycles. The van der Waals surface area contributed by atoms with E-state index < -0.39 is 0 Å². The first kappa shape index (κ1) is 22.4. The van der Waals surface area contributed by atoms with Gasteiger partial charge >= 0.3 is 0 Å². The zero-order valence-corrected chi connectivity index (χ0v) is 13.9. The van der Waals surface area contributed by atoms with Crippen LogP contribution in [0.3, 0.4) is 0 Å². The molecule has 7 heteroatoms. The van der Waals surface area contributed by atoms with Gasteiger partial charge in [0.05, 0.1) is 0 Å². The van der Waals surface area contributed by atoms with Crippen molar-refractivity contribution in [3.05, 3.63) is 0 Å². The molecule has 0 amide bonds. The predicted octanol–water partition coefficient (Wildman–Crippen LogP) is 1.16. The molecule has 0 aliphatic carbocycles. The molecule has 0 bridgehead atoms. The minimum absolute atomic E-state index is 0. The van der Waals surface area contributed by atoms with Crippen LogP contribution >= 0.6 is 12.4 Å². The number of hydrogen-bond donors (Lipinski definition) is 4. The molecule has 0 fully saturated rings. The Labute approximate surface area is 135 Å². The Bertz CT molecular complexity index is 253. The number of nitrogens with two attached hydrogens (primary N) is 4. The van der Waals surface area contributed by atoms with E-state index >= 15 is 0 Å². The predicted molar refractivity (Wildman–Crippen MR) is 95.3 cm³/mol. The quantitative estimate of drug-likeness (QED) is 0.244. The van der Waals surface area contributed by atoms with Crippen molar-refractivity contribution in [3.63, 3.8) is 0 Å².